The minimum atomic E-state index is -1.14. The second kappa shape index (κ2) is 5.07. The van der Waals surface area contributed by atoms with Crippen LogP contribution in [0.25, 0.3) is 10.9 Å². The van der Waals surface area contributed by atoms with E-state index in [0.717, 1.165) is 12.1 Å². The fourth-order valence-corrected chi connectivity index (χ4v) is 2.08. The van der Waals surface area contributed by atoms with E-state index < -0.39 is 29.0 Å². The highest BCUT2D eigenvalue weighted by atomic mass is 32.1. The zero-order valence-corrected chi connectivity index (χ0v) is 12.4. The van der Waals surface area contributed by atoms with Gasteiger partial charge in [0.25, 0.3) is 0 Å². The van der Waals surface area contributed by atoms with Crippen molar-refractivity contribution in [3.8, 4) is 5.75 Å². The standard InChI is InChI=1S/C14H13F2NO3S/c1-14(2,3)20-13(19)10-11(18)6-4-7(15)8(16)5-9(6)17-12(10)21/h4-5H,1-3H3,(H2,17,18,21). The van der Waals surface area contributed by atoms with Crippen molar-refractivity contribution in [1.82, 2.24) is 4.98 Å². The van der Waals surface area contributed by atoms with Crippen molar-refractivity contribution in [2.24, 2.45) is 0 Å². The summed E-state index contributed by atoms with van der Waals surface area (Å²) >= 11 is 4.98. The Kier molecular flexibility index (Phi) is 3.71. The molecule has 0 spiro atoms. The first-order valence-corrected chi connectivity index (χ1v) is 6.48. The Morgan fingerprint density at radius 3 is 2.43 bits per heavy atom. The fraction of sp³-hybridized carbons (Fsp3) is 0.286. The topological polar surface area (TPSA) is 62.3 Å². The quantitative estimate of drug-likeness (QED) is 0.620. The van der Waals surface area contributed by atoms with E-state index in [9.17, 15) is 18.7 Å². The summed E-state index contributed by atoms with van der Waals surface area (Å²) < 4.78 is 31.5. The van der Waals surface area contributed by atoms with Crippen LogP contribution in [0, 0.1) is 16.3 Å². The number of aromatic nitrogens is 1. The Balaban J connectivity index is 2.68. The fourth-order valence-electron chi connectivity index (χ4n) is 1.79. The number of aromatic hydroxyl groups is 1. The summed E-state index contributed by atoms with van der Waals surface area (Å²) in [5.74, 6) is -3.61. The second-order valence-corrected chi connectivity index (χ2v) is 5.90. The molecule has 0 fully saturated rings. The monoisotopic (exact) mass is 313 g/mol. The van der Waals surface area contributed by atoms with Gasteiger partial charge in [0.1, 0.15) is 21.6 Å². The first kappa shape index (κ1) is 15.4. The molecule has 0 aliphatic rings. The van der Waals surface area contributed by atoms with Crippen molar-refractivity contribution in [2.75, 3.05) is 0 Å². The molecule has 1 aromatic carbocycles. The third-order valence-electron chi connectivity index (χ3n) is 2.63. The molecule has 2 rings (SSSR count). The highest BCUT2D eigenvalue weighted by Crippen LogP contribution is 2.31. The molecular formula is C14H13F2NO3S. The molecule has 1 aromatic heterocycles. The van der Waals surface area contributed by atoms with Gasteiger partial charge in [0.2, 0.25) is 0 Å². The largest absolute Gasteiger partial charge is 0.506 e. The van der Waals surface area contributed by atoms with E-state index in [-0.39, 0.29) is 21.1 Å². The Morgan fingerprint density at radius 2 is 1.86 bits per heavy atom. The predicted molar refractivity (Wildman–Crippen MR) is 75.9 cm³/mol. The first-order chi connectivity index (χ1) is 9.60. The van der Waals surface area contributed by atoms with Crippen molar-refractivity contribution in [2.45, 2.75) is 26.4 Å². The minimum Gasteiger partial charge on any atom is -0.506 e. The van der Waals surface area contributed by atoms with Gasteiger partial charge in [-0.25, -0.2) is 13.6 Å². The van der Waals surface area contributed by atoms with Gasteiger partial charge < -0.3 is 14.8 Å². The van der Waals surface area contributed by atoms with E-state index in [2.05, 4.69) is 4.98 Å². The second-order valence-electron chi connectivity index (χ2n) is 5.49. The lowest BCUT2D eigenvalue weighted by atomic mass is 10.1. The number of H-pyrrole nitrogens is 1. The molecule has 0 atom stereocenters. The van der Waals surface area contributed by atoms with E-state index in [1.165, 1.54) is 0 Å². The van der Waals surface area contributed by atoms with E-state index in [1.807, 2.05) is 0 Å². The summed E-state index contributed by atoms with van der Waals surface area (Å²) in [5.41, 5.74) is -0.976. The number of carbonyl (C=O) groups is 1. The minimum absolute atomic E-state index is 0.0524. The summed E-state index contributed by atoms with van der Waals surface area (Å²) in [6.07, 6.45) is 0. The zero-order chi connectivity index (χ0) is 15.9. The molecule has 0 aliphatic heterocycles. The Morgan fingerprint density at radius 1 is 1.29 bits per heavy atom. The average Bonchev–Trinajstić information content (AvgIpc) is 2.29. The summed E-state index contributed by atoms with van der Waals surface area (Å²) in [7, 11) is 0. The first-order valence-electron chi connectivity index (χ1n) is 6.07. The third kappa shape index (κ3) is 3.02. The lowest BCUT2D eigenvalue weighted by molar-refractivity contribution is 0.00660. The summed E-state index contributed by atoms with van der Waals surface area (Å²) in [6, 6.07) is 1.65. The zero-order valence-electron chi connectivity index (χ0n) is 11.6. The van der Waals surface area contributed by atoms with Crippen LogP contribution in [0.1, 0.15) is 31.1 Å². The molecule has 0 unspecified atom stereocenters. The molecule has 1 heterocycles. The Hall–Kier alpha value is -2.02. The molecule has 0 saturated carbocycles. The number of fused-ring (bicyclic) bond motifs is 1. The number of carbonyl (C=O) groups excluding carboxylic acids is 1. The molecule has 2 aromatic rings. The number of nitrogens with one attached hydrogen (secondary N) is 1. The maximum absolute atomic E-state index is 13.3. The number of aromatic amines is 1. The van der Waals surface area contributed by atoms with E-state index in [4.69, 9.17) is 17.0 Å². The van der Waals surface area contributed by atoms with Gasteiger partial charge in [-0.2, -0.15) is 0 Å². The predicted octanol–water partition coefficient (Wildman–Crippen LogP) is 3.84. The van der Waals surface area contributed by atoms with E-state index in [1.54, 1.807) is 20.8 Å². The van der Waals surface area contributed by atoms with Gasteiger partial charge in [-0.05, 0) is 26.8 Å². The van der Waals surface area contributed by atoms with Crippen LogP contribution in [0.4, 0.5) is 8.78 Å². The molecule has 0 radical (unpaired) electrons. The van der Waals surface area contributed by atoms with Crippen LogP contribution in [0.5, 0.6) is 5.75 Å². The van der Waals surface area contributed by atoms with Crippen LogP contribution in [0.2, 0.25) is 0 Å². The molecule has 0 bridgehead atoms. The summed E-state index contributed by atoms with van der Waals surface area (Å²) in [4.78, 5) is 14.6. The van der Waals surface area contributed by atoms with E-state index >= 15 is 0 Å². The van der Waals surface area contributed by atoms with Gasteiger partial charge in [-0.3, -0.25) is 0 Å². The van der Waals surface area contributed by atoms with E-state index in [0.29, 0.717) is 0 Å². The number of esters is 1. The van der Waals surface area contributed by atoms with Crippen LogP contribution in [0.3, 0.4) is 0 Å². The van der Waals surface area contributed by atoms with Crippen LogP contribution in [0.15, 0.2) is 12.1 Å². The molecular weight excluding hydrogens is 300 g/mol. The Labute approximate surface area is 124 Å². The van der Waals surface area contributed by atoms with Gasteiger partial charge in [0, 0.05) is 11.5 Å². The van der Waals surface area contributed by atoms with Crippen LogP contribution in [-0.4, -0.2) is 21.7 Å². The molecule has 21 heavy (non-hydrogen) atoms. The number of pyridine rings is 1. The molecule has 0 amide bonds. The lowest BCUT2D eigenvalue weighted by Gasteiger charge is -2.20. The van der Waals surface area contributed by atoms with Crippen LogP contribution < -0.4 is 0 Å². The van der Waals surface area contributed by atoms with Gasteiger partial charge in [-0.1, -0.05) is 12.2 Å². The molecule has 7 heteroatoms. The molecule has 0 saturated heterocycles. The number of halogens is 2. The number of hydrogen-bond acceptors (Lipinski definition) is 4. The molecule has 112 valence electrons. The smallest absolute Gasteiger partial charge is 0.345 e. The number of rotatable bonds is 1. The average molecular weight is 313 g/mol. The maximum Gasteiger partial charge on any atom is 0.345 e. The normalized spacial score (nSPS) is 11.7. The van der Waals surface area contributed by atoms with Crippen molar-refractivity contribution in [3.63, 3.8) is 0 Å². The maximum atomic E-state index is 13.3. The van der Waals surface area contributed by atoms with Crippen molar-refractivity contribution in [1.29, 1.82) is 0 Å². The summed E-state index contributed by atoms with van der Waals surface area (Å²) in [6.45, 7) is 4.97. The SMILES string of the molecule is CC(C)(C)OC(=O)c1c(O)c2cc(F)c(F)cc2[nH]c1=S. The highest BCUT2D eigenvalue weighted by Gasteiger charge is 2.24. The highest BCUT2D eigenvalue weighted by molar-refractivity contribution is 7.71. The van der Waals surface area contributed by atoms with Gasteiger partial charge >= 0.3 is 5.97 Å². The Bertz CT molecular complexity index is 793. The van der Waals surface area contributed by atoms with Gasteiger partial charge in [0.05, 0.1) is 5.52 Å². The van der Waals surface area contributed by atoms with Crippen molar-refractivity contribution >= 4 is 29.1 Å². The van der Waals surface area contributed by atoms with Crippen molar-refractivity contribution in [3.05, 3.63) is 34.0 Å². The molecule has 0 aliphatic carbocycles. The van der Waals surface area contributed by atoms with Crippen LogP contribution in [-0.2, 0) is 4.74 Å². The number of hydrogen-bond donors (Lipinski definition) is 2. The van der Waals surface area contributed by atoms with Crippen molar-refractivity contribution < 1.29 is 23.4 Å². The lowest BCUT2D eigenvalue weighted by Crippen LogP contribution is -2.24. The number of benzene rings is 1. The summed E-state index contributed by atoms with van der Waals surface area (Å²) in [5, 5.41) is 10.1. The van der Waals surface area contributed by atoms with Gasteiger partial charge in [0.15, 0.2) is 11.6 Å². The van der Waals surface area contributed by atoms with Crippen LogP contribution >= 0.6 is 12.2 Å². The molecule has 2 N–H and O–H groups in total. The molecule has 4 nitrogen and oxygen atoms in total. The van der Waals surface area contributed by atoms with Gasteiger partial charge in [-0.15, -0.1) is 0 Å². The third-order valence-corrected chi connectivity index (χ3v) is 2.94. The number of ether oxygens (including phenoxy) is 1.